The van der Waals surface area contributed by atoms with Gasteiger partial charge < -0.3 is 15.8 Å². The van der Waals surface area contributed by atoms with E-state index >= 15 is 4.39 Å². The molecule has 1 aromatic carbocycles. The summed E-state index contributed by atoms with van der Waals surface area (Å²) in [5, 5.41) is 0.812. The molecule has 0 unspecified atom stereocenters. The first-order valence-electron chi connectivity index (χ1n) is 9.75. The van der Waals surface area contributed by atoms with Crippen molar-refractivity contribution in [3.63, 3.8) is 0 Å². The third kappa shape index (κ3) is 3.60. The van der Waals surface area contributed by atoms with Crippen molar-refractivity contribution in [1.29, 1.82) is 0 Å². The van der Waals surface area contributed by atoms with Crippen LogP contribution in [-0.4, -0.2) is 61.3 Å². The fourth-order valence-corrected chi connectivity index (χ4v) is 5.98. The highest BCUT2D eigenvalue weighted by atomic mass is 32.2. The van der Waals surface area contributed by atoms with E-state index in [2.05, 4.69) is 15.3 Å². The minimum Gasteiger partial charge on any atom is -0.371 e. The summed E-state index contributed by atoms with van der Waals surface area (Å²) in [6.07, 6.45) is -0.0938. The maximum Gasteiger partial charge on any atom is 0.277 e. The topological polar surface area (TPSA) is 127 Å². The number of anilines is 1. The summed E-state index contributed by atoms with van der Waals surface area (Å²) in [5.41, 5.74) is 3.70. The van der Waals surface area contributed by atoms with Crippen LogP contribution >= 0.6 is 0 Å². The Labute approximate surface area is 187 Å². The Morgan fingerprint density at radius 3 is 2.73 bits per heavy atom. The first-order valence-corrected chi connectivity index (χ1v) is 11.3. The standard InChI is InChI=1S/C20H20F3N5O4S/c1-10-5-14(23)16(25-8-10)18(29)26-11-3-4-13(22)12(6-11)20-9-32-15(7-21)17(20)33(30,31)28(2)19(24)27-20/h3-6,8,15,17H,7,9H2,1-2H3,(H2,24,27)(H,26,29)/t15-,17+,20+/m0/s1. The predicted octanol–water partition coefficient (Wildman–Crippen LogP) is 1.44. The van der Waals surface area contributed by atoms with Crippen LogP contribution in [0.4, 0.5) is 18.9 Å². The average Bonchev–Trinajstić information content (AvgIpc) is 3.14. The molecule has 2 aromatic rings. The molecule has 1 saturated heterocycles. The van der Waals surface area contributed by atoms with Crippen molar-refractivity contribution in [2.24, 2.45) is 10.7 Å². The van der Waals surface area contributed by atoms with E-state index in [9.17, 15) is 22.0 Å². The number of alkyl halides is 1. The first-order chi connectivity index (χ1) is 15.5. The zero-order valence-corrected chi connectivity index (χ0v) is 18.4. The Morgan fingerprint density at radius 2 is 2.06 bits per heavy atom. The Balaban J connectivity index is 1.79. The number of benzene rings is 1. The maximum atomic E-state index is 15.0. The van der Waals surface area contributed by atoms with Gasteiger partial charge in [-0.2, -0.15) is 0 Å². The van der Waals surface area contributed by atoms with Crippen molar-refractivity contribution in [1.82, 2.24) is 9.29 Å². The molecule has 0 bridgehead atoms. The van der Waals surface area contributed by atoms with Gasteiger partial charge in [0.05, 0.1) is 6.61 Å². The zero-order chi connectivity index (χ0) is 24.1. The number of ether oxygens (including phenoxy) is 1. The number of hydrogen-bond acceptors (Lipinski definition) is 7. The van der Waals surface area contributed by atoms with Crippen molar-refractivity contribution in [3.05, 3.63) is 58.9 Å². The van der Waals surface area contributed by atoms with Gasteiger partial charge in [-0.1, -0.05) is 0 Å². The summed E-state index contributed by atoms with van der Waals surface area (Å²) in [4.78, 5) is 20.5. The van der Waals surface area contributed by atoms with Crippen LogP contribution in [0.25, 0.3) is 0 Å². The van der Waals surface area contributed by atoms with Crippen LogP contribution in [0.2, 0.25) is 0 Å². The van der Waals surface area contributed by atoms with Crippen LogP contribution in [0, 0.1) is 18.6 Å². The molecule has 33 heavy (non-hydrogen) atoms. The van der Waals surface area contributed by atoms with Gasteiger partial charge in [0, 0.05) is 24.5 Å². The molecular weight excluding hydrogens is 463 g/mol. The molecule has 0 spiro atoms. The van der Waals surface area contributed by atoms with E-state index in [1.54, 1.807) is 6.92 Å². The lowest BCUT2D eigenvalue weighted by Crippen LogP contribution is -2.59. The number of hydrogen-bond donors (Lipinski definition) is 2. The number of amides is 1. The van der Waals surface area contributed by atoms with Crippen LogP contribution in [0.1, 0.15) is 21.6 Å². The lowest BCUT2D eigenvalue weighted by atomic mass is 9.86. The molecule has 176 valence electrons. The number of guanidine groups is 1. The zero-order valence-electron chi connectivity index (χ0n) is 17.5. The van der Waals surface area contributed by atoms with E-state index in [1.165, 1.54) is 12.3 Å². The number of sulfonamides is 1. The minimum atomic E-state index is -4.26. The molecule has 0 aliphatic carbocycles. The highest BCUT2D eigenvalue weighted by molar-refractivity contribution is 7.90. The summed E-state index contributed by atoms with van der Waals surface area (Å²) in [7, 11) is -3.11. The molecule has 3 heterocycles. The fourth-order valence-electron chi connectivity index (χ4n) is 4.06. The van der Waals surface area contributed by atoms with Gasteiger partial charge in [0.1, 0.15) is 29.4 Å². The van der Waals surface area contributed by atoms with E-state index in [-0.39, 0.29) is 11.3 Å². The Kier molecular flexibility index (Phi) is 5.56. The van der Waals surface area contributed by atoms with Gasteiger partial charge in [-0.05, 0) is 36.8 Å². The number of rotatable bonds is 4. The molecule has 2 aliphatic heterocycles. The molecule has 3 N–H and O–H groups in total. The third-order valence-corrected chi connectivity index (χ3v) is 7.99. The molecule has 4 rings (SSSR count). The van der Waals surface area contributed by atoms with Crippen LogP contribution in [0.15, 0.2) is 35.5 Å². The molecule has 13 heteroatoms. The summed E-state index contributed by atoms with van der Waals surface area (Å²) in [6.45, 7) is 0.00375. The van der Waals surface area contributed by atoms with Crippen molar-refractivity contribution >= 4 is 27.6 Å². The molecular formula is C20H20F3N5O4S. The number of nitrogens with two attached hydrogens (primary N) is 1. The number of nitrogens with zero attached hydrogens (tertiary/aromatic N) is 3. The van der Waals surface area contributed by atoms with Crippen LogP contribution in [0.3, 0.4) is 0 Å². The number of carbonyl (C=O) groups excluding carboxylic acids is 1. The molecule has 1 aromatic heterocycles. The third-order valence-electron chi connectivity index (χ3n) is 5.70. The summed E-state index contributed by atoms with van der Waals surface area (Å²) in [6, 6.07) is 4.46. The quantitative estimate of drug-likeness (QED) is 0.678. The van der Waals surface area contributed by atoms with Gasteiger partial charge in [0.15, 0.2) is 11.5 Å². The predicted molar refractivity (Wildman–Crippen MR) is 113 cm³/mol. The SMILES string of the molecule is Cc1cnc(C(=O)Nc2ccc(F)c([C@]34CO[C@@H](CF)[C@H]3S(=O)(=O)N(C)C(N)=N4)c2)c(F)c1. The molecule has 2 aliphatic rings. The van der Waals surface area contributed by atoms with Gasteiger partial charge in [-0.15, -0.1) is 0 Å². The number of aliphatic imine (C=N–C) groups is 1. The lowest BCUT2D eigenvalue weighted by molar-refractivity contribution is 0.0847. The number of pyridine rings is 1. The molecule has 9 nitrogen and oxygen atoms in total. The molecule has 1 fully saturated rings. The highest BCUT2D eigenvalue weighted by Crippen LogP contribution is 2.46. The molecule has 1 amide bonds. The van der Waals surface area contributed by atoms with E-state index in [1.807, 2.05) is 0 Å². The number of nitrogens with one attached hydrogen (secondary N) is 1. The Morgan fingerprint density at radius 1 is 1.33 bits per heavy atom. The second-order valence-corrected chi connectivity index (χ2v) is 9.91. The molecule has 0 radical (unpaired) electrons. The number of aromatic nitrogens is 1. The van der Waals surface area contributed by atoms with E-state index < -0.39 is 69.4 Å². The van der Waals surface area contributed by atoms with E-state index in [0.29, 0.717) is 9.87 Å². The Bertz CT molecular complexity index is 1270. The van der Waals surface area contributed by atoms with Gasteiger partial charge in [0.2, 0.25) is 16.0 Å². The van der Waals surface area contributed by atoms with Crippen LogP contribution in [-0.2, 0) is 20.3 Å². The monoisotopic (exact) mass is 483 g/mol. The molecule has 0 saturated carbocycles. The summed E-state index contributed by atoms with van der Waals surface area (Å²) >= 11 is 0. The minimum absolute atomic E-state index is 0.0140. The van der Waals surface area contributed by atoms with Gasteiger partial charge in [-0.3, -0.25) is 4.79 Å². The smallest absolute Gasteiger partial charge is 0.277 e. The van der Waals surface area contributed by atoms with E-state index in [4.69, 9.17) is 10.5 Å². The van der Waals surface area contributed by atoms with Crippen molar-refractivity contribution in [3.8, 4) is 0 Å². The van der Waals surface area contributed by atoms with Gasteiger partial charge in [-0.25, -0.2) is 35.9 Å². The highest BCUT2D eigenvalue weighted by Gasteiger charge is 2.62. The normalized spacial score (nSPS) is 26.0. The van der Waals surface area contributed by atoms with E-state index in [0.717, 1.165) is 25.2 Å². The van der Waals surface area contributed by atoms with Crippen molar-refractivity contribution < 1.29 is 31.1 Å². The van der Waals surface area contributed by atoms with Crippen LogP contribution < -0.4 is 11.1 Å². The number of halogens is 3. The second-order valence-electron chi connectivity index (χ2n) is 7.82. The summed E-state index contributed by atoms with van der Waals surface area (Å²) in [5.74, 6) is -3.03. The average molecular weight is 483 g/mol. The van der Waals surface area contributed by atoms with Crippen LogP contribution in [0.5, 0.6) is 0 Å². The fraction of sp³-hybridized carbons (Fsp3) is 0.350. The van der Waals surface area contributed by atoms with Gasteiger partial charge >= 0.3 is 0 Å². The van der Waals surface area contributed by atoms with Crippen molar-refractivity contribution in [2.75, 3.05) is 25.6 Å². The lowest BCUT2D eigenvalue weighted by Gasteiger charge is -2.39. The Hall–Kier alpha value is -3.19. The first kappa shape index (κ1) is 23.0. The van der Waals surface area contributed by atoms with Crippen molar-refractivity contribution in [2.45, 2.75) is 23.8 Å². The summed E-state index contributed by atoms with van der Waals surface area (Å²) < 4.78 is 74.9. The number of fused-ring (bicyclic) bond motifs is 1. The number of carbonyl (C=O) groups is 1. The largest absolute Gasteiger partial charge is 0.371 e. The second kappa shape index (κ2) is 7.99. The molecule has 3 atom stereocenters. The van der Waals surface area contributed by atoms with Gasteiger partial charge in [0.25, 0.3) is 5.91 Å². The maximum absolute atomic E-state index is 15.0. The number of aryl methyl sites for hydroxylation is 1.